The van der Waals surface area contributed by atoms with Gasteiger partial charge >= 0.3 is 5.97 Å². The minimum Gasteiger partial charge on any atom is -0.462 e. The van der Waals surface area contributed by atoms with Crippen molar-refractivity contribution >= 4 is 33.9 Å². The lowest BCUT2D eigenvalue weighted by Crippen LogP contribution is -2.16. The Morgan fingerprint density at radius 3 is 2.76 bits per heavy atom. The monoisotopic (exact) mass is 359 g/mol. The Kier molecular flexibility index (Phi) is 4.75. The van der Waals surface area contributed by atoms with Crippen LogP contribution in [0.5, 0.6) is 0 Å². The number of amides is 1. The standard InChI is InChI=1S/C16H17N5O3S/c1-4-24-15(23)10-7-5-6-8-11(10)17-13(22)14-20-21-12(9(2)3)18-19-16(21)25-14/h5-9H,4H2,1-3H3,(H,17,22). The Morgan fingerprint density at radius 1 is 1.28 bits per heavy atom. The van der Waals surface area contributed by atoms with Gasteiger partial charge in [0, 0.05) is 5.92 Å². The second-order valence-electron chi connectivity index (χ2n) is 5.53. The summed E-state index contributed by atoms with van der Waals surface area (Å²) in [4.78, 5) is 25.1. The van der Waals surface area contributed by atoms with Gasteiger partial charge in [-0.3, -0.25) is 4.79 Å². The molecule has 0 spiro atoms. The maximum Gasteiger partial charge on any atom is 0.340 e. The lowest BCUT2D eigenvalue weighted by atomic mass is 10.2. The van der Waals surface area contributed by atoms with Crippen LogP contribution in [0.25, 0.3) is 4.96 Å². The zero-order chi connectivity index (χ0) is 18.0. The molecule has 25 heavy (non-hydrogen) atoms. The molecule has 130 valence electrons. The minimum atomic E-state index is -0.487. The van der Waals surface area contributed by atoms with Crippen LogP contribution in [0, 0.1) is 0 Å². The van der Waals surface area contributed by atoms with Crippen LogP contribution >= 0.6 is 11.3 Å². The summed E-state index contributed by atoms with van der Waals surface area (Å²) in [6.07, 6.45) is 0. The smallest absolute Gasteiger partial charge is 0.340 e. The maximum atomic E-state index is 12.5. The van der Waals surface area contributed by atoms with Gasteiger partial charge in [0.1, 0.15) is 0 Å². The predicted octanol–water partition coefficient (Wildman–Crippen LogP) is 2.74. The predicted molar refractivity (Wildman–Crippen MR) is 93.1 cm³/mol. The number of carbonyl (C=O) groups is 2. The van der Waals surface area contributed by atoms with Crippen molar-refractivity contribution in [3.63, 3.8) is 0 Å². The number of para-hydroxylation sites is 1. The summed E-state index contributed by atoms with van der Waals surface area (Å²) in [7, 11) is 0. The molecule has 3 aromatic rings. The molecule has 0 aliphatic rings. The second-order valence-corrected chi connectivity index (χ2v) is 6.49. The Morgan fingerprint density at radius 2 is 2.04 bits per heavy atom. The van der Waals surface area contributed by atoms with Gasteiger partial charge in [-0.2, -0.15) is 4.52 Å². The van der Waals surface area contributed by atoms with Gasteiger partial charge in [-0.15, -0.1) is 15.3 Å². The third-order valence-corrected chi connectivity index (χ3v) is 4.29. The van der Waals surface area contributed by atoms with E-state index in [0.717, 1.165) is 11.3 Å². The third kappa shape index (κ3) is 3.36. The van der Waals surface area contributed by atoms with Gasteiger partial charge < -0.3 is 10.1 Å². The summed E-state index contributed by atoms with van der Waals surface area (Å²) in [6, 6.07) is 6.68. The van der Waals surface area contributed by atoms with Crippen LogP contribution in [0.15, 0.2) is 24.3 Å². The van der Waals surface area contributed by atoms with Crippen molar-refractivity contribution in [2.75, 3.05) is 11.9 Å². The van der Waals surface area contributed by atoms with E-state index >= 15 is 0 Å². The molecule has 9 heteroatoms. The number of anilines is 1. The highest BCUT2D eigenvalue weighted by molar-refractivity contribution is 7.18. The Labute approximate surface area is 147 Å². The molecule has 0 saturated heterocycles. The fourth-order valence-corrected chi connectivity index (χ4v) is 2.98. The van der Waals surface area contributed by atoms with E-state index in [-0.39, 0.29) is 17.5 Å². The molecule has 1 aromatic carbocycles. The molecule has 3 rings (SSSR count). The average Bonchev–Trinajstić information content (AvgIpc) is 3.15. The van der Waals surface area contributed by atoms with Gasteiger partial charge in [-0.1, -0.05) is 37.3 Å². The minimum absolute atomic E-state index is 0.137. The molecule has 1 N–H and O–H groups in total. The van der Waals surface area contributed by atoms with E-state index in [1.54, 1.807) is 35.7 Å². The number of nitrogens with one attached hydrogen (secondary N) is 1. The molecule has 0 aliphatic carbocycles. The summed E-state index contributed by atoms with van der Waals surface area (Å²) in [6.45, 7) is 5.94. The molecule has 0 atom stereocenters. The third-order valence-electron chi connectivity index (χ3n) is 3.40. The van der Waals surface area contributed by atoms with E-state index in [1.807, 2.05) is 13.8 Å². The average molecular weight is 359 g/mol. The fourth-order valence-electron chi connectivity index (χ4n) is 2.24. The van der Waals surface area contributed by atoms with Crippen molar-refractivity contribution in [2.45, 2.75) is 26.7 Å². The van der Waals surface area contributed by atoms with E-state index in [0.29, 0.717) is 22.0 Å². The maximum absolute atomic E-state index is 12.5. The molecule has 0 bridgehead atoms. The second kappa shape index (κ2) is 6.98. The first-order valence-corrected chi connectivity index (χ1v) is 8.62. The molecule has 0 fully saturated rings. The van der Waals surface area contributed by atoms with Crippen molar-refractivity contribution in [1.29, 1.82) is 0 Å². The van der Waals surface area contributed by atoms with Gasteiger partial charge in [-0.25, -0.2) is 4.79 Å². The lowest BCUT2D eigenvalue weighted by molar-refractivity contribution is 0.0527. The van der Waals surface area contributed by atoms with E-state index in [4.69, 9.17) is 4.74 Å². The molecule has 0 radical (unpaired) electrons. The van der Waals surface area contributed by atoms with Crippen LogP contribution in [-0.2, 0) is 4.74 Å². The van der Waals surface area contributed by atoms with Crippen molar-refractivity contribution in [3.05, 3.63) is 40.7 Å². The van der Waals surface area contributed by atoms with Crippen LogP contribution in [0.1, 0.15) is 52.7 Å². The van der Waals surface area contributed by atoms with Crippen molar-refractivity contribution in [1.82, 2.24) is 19.8 Å². The number of hydrogen-bond donors (Lipinski definition) is 1. The van der Waals surface area contributed by atoms with E-state index in [1.165, 1.54) is 0 Å². The van der Waals surface area contributed by atoms with Gasteiger partial charge in [0.15, 0.2) is 5.82 Å². The number of hydrogen-bond acceptors (Lipinski definition) is 7. The van der Waals surface area contributed by atoms with Crippen molar-refractivity contribution in [2.24, 2.45) is 0 Å². The van der Waals surface area contributed by atoms with Gasteiger partial charge in [0.2, 0.25) is 9.97 Å². The molecule has 0 saturated carbocycles. The van der Waals surface area contributed by atoms with Crippen LogP contribution in [0.2, 0.25) is 0 Å². The number of esters is 1. The molecule has 0 aliphatic heterocycles. The molecule has 2 heterocycles. The number of ether oxygens (including phenoxy) is 1. The molecular weight excluding hydrogens is 342 g/mol. The Bertz CT molecular complexity index is 931. The number of aromatic nitrogens is 4. The quantitative estimate of drug-likeness (QED) is 0.703. The van der Waals surface area contributed by atoms with E-state index < -0.39 is 11.9 Å². The van der Waals surface area contributed by atoms with E-state index in [9.17, 15) is 9.59 Å². The van der Waals surface area contributed by atoms with Crippen LogP contribution in [-0.4, -0.2) is 38.3 Å². The molecule has 8 nitrogen and oxygen atoms in total. The van der Waals surface area contributed by atoms with Crippen LogP contribution < -0.4 is 5.32 Å². The normalized spacial score (nSPS) is 11.0. The van der Waals surface area contributed by atoms with Gasteiger partial charge in [0.25, 0.3) is 5.91 Å². The molecule has 0 unspecified atom stereocenters. The van der Waals surface area contributed by atoms with Gasteiger partial charge in [0.05, 0.1) is 17.9 Å². The van der Waals surface area contributed by atoms with Gasteiger partial charge in [-0.05, 0) is 19.1 Å². The van der Waals surface area contributed by atoms with Crippen molar-refractivity contribution < 1.29 is 14.3 Å². The van der Waals surface area contributed by atoms with Crippen molar-refractivity contribution in [3.8, 4) is 0 Å². The van der Waals surface area contributed by atoms with E-state index in [2.05, 4.69) is 20.6 Å². The van der Waals surface area contributed by atoms with Crippen LogP contribution in [0.4, 0.5) is 5.69 Å². The molecular formula is C16H17N5O3S. The highest BCUT2D eigenvalue weighted by Gasteiger charge is 2.20. The number of rotatable bonds is 5. The summed E-state index contributed by atoms with van der Waals surface area (Å²) in [5.74, 6) is -0.0737. The SMILES string of the molecule is CCOC(=O)c1ccccc1NC(=O)c1nn2c(C(C)C)nnc2s1. The highest BCUT2D eigenvalue weighted by Crippen LogP contribution is 2.21. The first kappa shape index (κ1) is 17.0. The first-order valence-electron chi connectivity index (χ1n) is 7.81. The van der Waals surface area contributed by atoms with Crippen LogP contribution in [0.3, 0.4) is 0 Å². The zero-order valence-electron chi connectivity index (χ0n) is 14.0. The number of fused-ring (bicyclic) bond motifs is 1. The first-order chi connectivity index (χ1) is 12.0. The lowest BCUT2D eigenvalue weighted by Gasteiger charge is -2.09. The zero-order valence-corrected chi connectivity index (χ0v) is 14.8. The topological polar surface area (TPSA) is 98.5 Å². The largest absolute Gasteiger partial charge is 0.462 e. The number of nitrogens with zero attached hydrogens (tertiary/aromatic N) is 4. The number of carbonyl (C=O) groups excluding carboxylic acids is 2. The number of benzene rings is 1. The summed E-state index contributed by atoms with van der Waals surface area (Å²) in [5, 5.41) is 15.3. The summed E-state index contributed by atoms with van der Waals surface area (Å²) >= 11 is 1.14. The Balaban J connectivity index is 1.87. The summed E-state index contributed by atoms with van der Waals surface area (Å²) < 4.78 is 6.58. The summed E-state index contributed by atoms with van der Waals surface area (Å²) in [5.41, 5.74) is 0.671. The molecule has 2 aromatic heterocycles. The fraction of sp³-hybridized carbons (Fsp3) is 0.312. The highest BCUT2D eigenvalue weighted by atomic mass is 32.1. The molecule has 1 amide bonds. The Hall–Kier alpha value is -2.81.